The van der Waals surface area contributed by atoms with E-state index in [1.165, 1.54) is 7.11 Å². The van der Waals surface area contributed by atoms with Crippen LogP contribution in [-0.4, -0.2) is 41.4 Å². The molecule has 4 atom stereocenters. The van der Waals surface area contributed by atoms with Crippen LogP contribution in [0.3, 0.4) is 0 Å². The molecule has 1 fully saturated rings. The molecule has 0 saturated carbocycles. The predicted molar refractivity (Wildman–Crippen MR) is 77.1 cm³/mol. The number of hydrogen-bond acceptors (Lipinski definition) is 5. The van der Waals surface area contributed by atoms with E-state index in [1.54, 1.807) is 7.11 Å². The summed E-state index contributed by atoms with van der Waals surface area (Å²) >= 11 is 0. The highest BCUT2D eigenvalue weighted by Gasteiger charge is 2.37. The van der Waals surface area contributed by atoms with Gasteiger partial charge < -0.3 is 9.47 Å². The number of ether oxygens (including phenoxy) is 2. The van der Waals surface area contributed by atoms with Crippen LogP contribution in [0.25, 0.3) is 0 Å². The number of methoxy groups -OCH3 is 2. The van der Waals surface area contributed by atoms with Crippen LogP contribution < -0.4 is 10.1 Å². The van der Waals surface area contributed by atoms with Gasteiger partial charge >= 0.3 is 5.97 Å². The lowest BCUT2D eigenvalue weighted by atomic mass is 10.0. The van der Waals surface area contributed by atoms with Crippen molar-refractivity contribution in [3.05, 3.63) is 29.8 Å². The Morgan fingerprint density at radius 2 is 1.95 bits per heavy atom. The average Bonchev–Trinajstić information content (AvgIpc) is 2.49. The summed E-state index contributed by atoms with van der Waals surface area (Å²) in [6, 6.07) is 6.89. The van der Waals surface area contributed by atoms with Gasteiger partial charge in [-0.1, -0.05) is 12.1 Å². The molecular weight excluding hydrogens is 278 g/mol. The molecule has 5 nitrogen and oxygen atoms in total. The molecule has 0 radical (unpaired) electrons. The SMILES string of the molecule is COC(=O)C1CS(=O)C(C)C(c2ccc(OC)cc2)N1. The second kappa shape index (κ2) is 6.37. The quantitative estimate of drug-likeness (QED) is 0.844. The summed E-state index contributed by atoms with van der Waals surface area (Å²) in [7, 11) is 1.88. The third-order valence-corrected chi connectivity index (χ3v) is 5.32. The standard InChI is InChI=1S/C14H19NO4S/c1-9-13(10-4-6-11(18-2)7-5-10)15-12(8-20(9)17)14(16)19-3/h4-7,9,12-13,15H,8H2,1-3H3. The number of benzene rings is 1. The topological polar surface area (TPSA) is 64.6 Å². The van der Waals surface area contributed by atoms with E-state index in [4.69, 9.17) is 9.47 Å². The summed E-state index contributed by atoms with van der Waals surface area (Å²) in [6.45, 7) is 1.92. The van der Waals surface area contributed by atoms with Gasteiger partial charge in [-0.25, -0.2) is 0 Å². The molecular formula is C14H19NO4S. The monoisotopic (exact) mass is 297 g/mol. The first-order valence-corrected chi connectivity index (χ1v) is 7.80. The van der Waals surface area contributed by atoms with Crippen LogP contribution in [0.15, 0.2) is 24.3 Å². The Hall–Kier alpha value is -1.40. The Bertz CT molecular complexity index is 502. The Morgan fingerprint density at radius 1 is 1.30 bits per heavy atom. The number of carbonyl (C=O) groups excluding carboxylic acids is 1. The molecule has 1 aliphatic rings. The van der Waals surface area contributed by atoms with Gasteiger partial charge in [0.2, 0.25) is 0 Å². The van der Waals surface area contributed by atoms with Gasteiger partial charge in [-0.3, -0.25) is 14.3 Å². The molecule has 1 N–H and O–H groups in total. The summed E-state index contributed by atoms with van der Waals surface area (Å²) in [5.74, 6) is 0.687. The predicted octanol–water partition coefficient (Wildman–Crippen LogP) is 1.02. The summed E-state index contributed by atoms with van der Waals surface area (Å²) < 4.78 is 22.0. The van der Waals surface area contributed by atoms with Gasteiger partial charge in [-0.2, -0.15) is 0 Å². The summed E-state index contributed by atoms with van der Waals surface area (Å²) in [5, 5.41) is 3.16. The van der Waals surface area contributed by atoms with E-state index >= 15 is 0 Å². The fraction of sp³-hybridized carbons (Fsp3) is 0.500. The zero-order valence-electron chi connectivity index (χ0n) is 11.8. The number of esters is 1. The second-order valence-electron chi connectivity index (χ2n) is 4.75. The summed E-state index contributed by atoms with van der Waals surface area (Å²) in [5.41, 5.74) is 0.986. The van der Waals surface area contributed by atoms with Crippen LogP contribution in [0.1, 0.15) is 18.5 Å². The zero-order chi connectivity index (χ0) is 14.7. The molecule has 110 valence electrons. The van der Waals surface area contributed by atoms with Crippen LogP contribution in [-0.2, 0) is 20.3 Å². The molecule has 1 aliphatic heterocycles. The lowest BCUT2D eigenvalue weighted by Gasteiger charge is -2.34. The first-order valence-electron chi connectivity index (χ1n) is 6.41. The largest absolute Gasteiger partial charge is 0.497 e. The zero-order valence-corrected chi connectivity index (χ0v) is 12.6. The van der Waals surface area contributed by atoms with E-state index in [0.29, 0.717) is 5.75 Å². The molecule has 0 aliphatic carbocycles. The van der Waals surface area contributed by atoms with E-state index < -0.39 is 16.8 Å². The smallest absolute Gasteiger partial charge is 0.323 e. The lowest BCUT2D eigenvalue weighted by Crippen LogP contribution is -2.53. The number of carbonyl (C=O) groups is 1. The van der Waals surface area contributed by atoms with Gasteiger partial charge in [-0.15, -0.1) is 0 Å². The van der Waals surface area contributed by atoms with Crippen LogP contribution >= 0.6 is 0 Å². The maximum Gasteiger partial charge on any atom is 0.323 e. The van der Waals surface area contributed by atoms with Gasteiger partial charge in [0.1, 0.15) is 11.8 Å². The van der Waals surface area contributed by atoms with Crippen molar-refractivity contribution < 1.29 is 18.5 Å². The van der Waals surface area contributed by atoms with Crippen molar-refractivity contribution >= 4 is 16.8 Å². The maximum atomic E-state index is 12.2. The van der Waals surface area contributed by atoms with E-state index in [1.807, 2.05) is 31.2 Å². The van der Waals surface area contributed by atoms with Crippen LogP contribution in [0.4, 0.5) is 0 Å². The van der Waals surface area contributed by atoms with Crippen molar-refractivity contribution in [2.75, 3.05) is 20.0 Å². The molecule has 1 aromatic carbocycles. The van der Waals surface area contributed by atoms with Crippen LogP contribution in [0, 0.1) is 0 Å². The summed E-state index contributed by atoms with van der Waals surface area (Å²) in [6.07, 6.45) is 0. The minimum absolute atomic E-state index is 0.0655. The highest BCUT2D eigenvalue weighted by Crippen LogP contribution is 2.27. The van der Waals surface area contributed by atoms with Crippen molar-refractivity contribution in [3.63, 3.8) is 0 Å². The maximum absolute atomic E-state index is 12.2. The third kappa shape index (κ3) is 3.02. The molecule has 0 spiro atoms. The Balaban J connectivity index is 2.22. The second-order valence-corrected chi connectivity index (χ2v) is 6.58. The lowest BCUT2D eigenvalue weighted by molar-refractivity contribution is -0.142. The Morgan fingerprint density at radius 3 is 2.50 bits per heavy atom. The van der Waals surface area contributed by atoms with Crippen molar-refractivity contribution in [3.8, 4) is 5.75 Å². The third-order valence-electron chi connectivity index (χ3n) is 3.56. The fourth-order valence-corrected chi connectivity index (χ4v) is 3.73. The molecule has 1 aromatic rings. The van der Waals surface area contributed by atoms with Gasteiger partial charge in [0.15, 0.2) is 0 Å². The van der Waals surface area contributed by atoms with E-state index in [-0.39, 0.29) is 17.3 Å². The van der Waals surface area contributed by atoms with E-state index in [0.717, 1.165) is 11.3 Å². The fourth-order valence-electron chi connectivity index (χ4n) is 2.33. The summed E-state index contributed by atoms with van der Waals surface area (Å²) in [4.78, 5) is 11.7. The molecule has 0 bridgehead atoms. The van der Waals surface area contributed by atoms with Crippen molar-refractivity contribution in [1.82, 2.24) is 5.32 Å². The molecule has 20 heavy (non-hydrogen) atoms. The molecule has 1 saturated heterocycles. The molecule has 2 rings (SSSR count). The van der Waals surface area contributed by atoms with Gasteiger partial charge in [0.25, 0.3) is 0 Å². The van der Waals surface area contributed by atoms with E-state index in [9.17, 15) is 9.00 Å². The van der Waals surface area contributed by atoms with Crippen molar-refractivity contribution in [1.29, 1.82) is 0 Å². The minimum atomic E-state index is -1.07. The molecule has 6 heteroatoms. The van der Waals surface area contributed by atoms with Gasteiger partial charge in [-0.05, 0) is 24.6 Å². The number of nitrogens with one attached hydrogen (secondary N) is 1. The Kier molecular flexibility index (Phi) is 4.77. The molecule has 0 aromatic heterocycles. The van der Waals surface area contributed by atoms with Gasteiger partial charge in [0, 0.05) is 16.8 Å². The first kappa shape index (κ1) is 15.0. The van der Waals surface area contributed by atoms with E-state index in [2.05, 4.69) is 5.32 Å². The van der Waals surface area contributed by atoms with Crippen molar-refractivity contribution in [2.24, 2.45) is 0 Å². The normalized spacial score (nSPS) is 29.8. The number of rotatable bonds is 3. The molecule has 4 unspecified atom stereocenters. The van der Waals surface area contributed by atoms with Gasteiger partial charge in [0.05, 0.1) is 25.2 Å². The van der Waals surface area contributed by atoms with Crippen LogP contribution in [0.2, 0.25) is 0 Å². The minimum Gasteiger partial charge on any atom is -0.497 e. The Labute approximate surface area is 121 Å². The number of hydrogen-bond donors (Lipinski definition) is 1. The van der Waals surface area contributed by atoms with Crippen LogP contribution in [0.5, 0.6) is 5.75 Å². The van der Waals surface area contributed by atoms with Crippen molar-refractivity contribution in [2.45, 2.75) is 24.3 Å². The molecule has 1 heterocycles. The molecule has 0 amide bonds. The highest BCUT2D eigenvalue weighted by molar-refractivity contribution is 7.85. The average molecular weight is 297 g/mol. The highest BCUT2D eigenvalue weighted by atomic mass is 32.2. The first-order chi connectivity index (χ1) is 9.56.